The van der Waals surface area contributed by atoms with E-state index in [9.17, 15) is 18.0 Å². The van der Waals surface area contributed by atoms with Crippen molar-refractivity contribution in [3.8, 4) is 0 Å². The normalized spacial score (nSPS) is 13.4. The van der Waals surface area contributed by atoms with Crippen LogP contribution in [0.4, 0.5) is 24.5 Å². The maximum Gasteiger partial charge on any atom is 0.416 e. The summed E-state index contributed by atoms with van der Waals surface area (Å²) in [5.74, 6) is 0.0480. The van der Waals surface area contributed by atoms with Crippen LogP contribution >= 0.6 is 12.2 Å². The van der Waals surface area contributed by atoms with Crippen molar-refractivity contribution in [2.45, 2.75) is 52.9 Å². The number of nitrogens with zero attached hydrogens (tertiary/aromatic N) is 1. The van der Waals surface area contributed by atoms with Gasteiger partial charge in [-0.15, -0.1) is 0 Å². The summed E-state index contributed by atoms with van der Waals surface area (Å²) in [6, 6.07) is 9.97. The molecule has 0 aliphatic heterocycles. The number of esters is 1. The molecule has 3 aromatic rings. The van der Waals surface area contributed by atoms with Gasteiger partial charge in [-0.1, -0.05) is 24.3 Å². The molecule has 0 aliphatic rings. The van der Waals surface area contributed by atoms with E-state index >= 15 is 0 Å². The smallest absolute Gasteiger partial charge is 0.416 e. The van der Waals surface area contributed by atoms with Crippen LogP contribution in [0.1, 0.15) is 50.1 Å². The Balaban J connectivity index is 1.93. The molecule has 0 aliphatic carbocycles. The van der Waals surface area contributed by atoms with Crippen molar-refractivity contribution in [2.75, 3.05) is 17.7 Å². The van der Waals surface area contributed by atoms with Crippen molar-refractivity contribution in [2.24, 2.45) is 5.41 Å². The zero-order valence-electron chi connectivity index (χ0n) is 22.3. The number of ether oxygens (including phenoxy) is 1. The summed E-state index contributed by atoms with van der Waals surface area (Å²) in [7, 11) is 0. The van der Waals surface area contributed by atoms with E-state index in [1.807, 2.05) is 0 Å². The lowest BCUT2D eigenvalue weighted by Crippen LogP contribution is -2.49. The number of carbonyl (C=O) groups excluding carboxylic acids is 1. The molecule has 3 rings (SSSR count). The minimum atomic E-state index is -4.56. The van der Waals surface area contributed by atoms with Crippen LogP contribution in [0.15, 0.2) is 53.1 Å². The van der Waals surface area contributed by atoms with E-state index in [0.717, 1.165) is 12.1 Å². The highest BCUT2D eigenvalue weighted by atomic mass is 32.1. The predicted molar refractivity (Wildman–Crippen MR) is 146 cm³/mol. The summed E-state index contributed by atoms with van der Waals surface area (Å²) in [6.07, 6.45) is -2.88. The number of rotatable bonds is 7. The fourth-order valence-corrected chi connectivity index (χ4v) is 4.10. The van der Waals surface area contributed by atoms with E-state index in [-0.39, 0.29) is 29.5 Å². The van der Waals surface area contributed by atoms with Gasteiger partial charge in [0.25, 0.3) is 5.68 Å². The van der Waals surface area contributed by atoms with Gasteiger partial charge in [-0.05, 0) is 76.2 Å². The SMILES string of the molecule is Cc1cn(Cc2cccc(N)c2NC(=S)NC(C)(COC(=O)C(C)(C)C)c2cccc(C(F)(F)F)c2)c(=N)o1. The molecule has 8 nitrogen and oxygen atoms in total. The Kier molecular flexibility index (Phi) is 8.49. The molecule has 0 amide bonds. The molecule has 0 radical (unpaired) electrons. The lowest BCUT2D eigenvalue weighted by atomic mass is 9.91. The number of nitrogen functional groups attached to an aromatic ring is 1. The van der Waals surface area contributed by atoms with Crippen LogP contribution in [-0.4, -0.2) is 22.3 Å². The lowest BCUT2D eigenvalue weighted by Gasteiger charge is -2.34. The molecule has 0 fully saturated rings. The second-order valence-corrected chi connectivity index (χ2v) is 10.9. The van der Waals surface area contributed by atoms with Gasteiger partial charge in [-0.25, -0.2) is 0 Å². The molecule has 0 saturated heterocycles. The minimum absolute atomic E-state index is 0.0420. The summed E-state index contributed by atoms with van der Waals surface area (Å²) in [4.78, 5) is 12.5. The van der Waals surface area contributed by atoms with Crippen molar-refractivity contribution in [3.63, 3.8) is 0 Å². The van der Waals surface area contributed by atoms with Crippen LogP contribution < -0.4 is 22.1 Å². The van der Waals surface area contributed by atoms with Crippen LogP contribution in [0.2, 0.25) is 0 Å². The highest BCUT2D eigenvalue weighted by Crippen LogP contribution is 2.33. The first-order valence-electron chi connectivity index (χ1n) is 12.0. The number of hydrogen-bond donors (Lipinski definition) is 4. The molecule has 1 atom stereocenters. The summed E-state index contributed by atoms with van der Waals surface area (Å²) in [5.41, 5.74) is 4.92. The third-order valence-corrected chi connectivity index (χ3v) is 6.14. The Bertz CT molecular complexity index is 1420. The fourth-order valence-electron chi connectivity index (χ4n) is 3.77. The molecule has 1 unspecified atom stereocenters. The van der Waals surface area contributed by atoms with Gasteiger partial charge in [0.15, 0.2) is 5.11 Å². The van der Waals surface area contributed by atoms with Gasteiger partial charge in [-0.3, -0.25) is 14.8 Å². The monoisotopic (exact) mass is 563 g/mol. The summed E-state index contributed by atoms with van der Waals surface area (Å²) in [6.45, 7) is 8.31. The second kappa shape index (κ2) is 11.1. The van der Waals surface area contributed by atoms with Crippen molar-refractivity contribution in [3.05, 3.63) is 76.8 Å². The van der Waals surface area contributed by atoms with Gasteiger partial charge in [0.1, 0.15) is 12.4 Å². The van der Waals surface area contributed by atoms with Gasteiger partial charge in [0, 0.05) is 6.20 Å². The van der Waals surface area contributed by atoms with E-state index in [1.165, 1.54) is 12.1 Å². The number of benzene rings is 2. The number of halogens is 3. The number of nitrogens with two attached hydrogens (primary N) is 1. The molecule has 5 N–H and O–H groups in total. The number of anilines is 2. The van der Waals surface area contributed by atoms with E-state index in [1.54, 1.807) is 63.6 Å². The third kappa shape index (κ3) is 7.41. The average Bonchev–Trinajstić information content (AvgIpc) is 3.15. The predicted octanol–water partition coefficient (Wildman–Crippen LogP) is 5.31. The first kappa shape index (κ1) is 29.8. The molecule has 0 bridgehead atoms. The molecular weight excluding hydrogens is 531 g/mol. The molecule has 210 valence electrons. The Morgan fingerprint density at radius 2 is 1.77 bits per heavy atom. The highest BCUT2D eigenvalue weighted by molar-refractivity contribution is 7.80. The number of para-hydroxylation sites is 1. The minimum Gasteiger partial charge on any atom is -0.462 e. The second-order valence-electron chi connectivity index (χ2n) is 10.5. The van der Waals surface area contributed by atoms with Gasteiger partial charge < -0.3 is 25.5 Å². The number of thiocarbonyl (C=S) groups is 1. The van der Waals surface area contributed by atoms with Crippen LogP contribution in [0.5, 0.6) is 0 Å². The maximum atomic E-state index is 13.5. The maximum absolute atomic E-state index is 13.5. The van der Waals surface area contributed by atoms with Crippen molar-refractivity contribution in [1.29, 1.82) is 5.41 Å². The molecule has 39 heavy (non-hydrogen) atoms. The van der Waals surface area contributed by atoms with E-state index < -0.39 is 28.7 Å². The molecule has 1 aromatic heterocycles. The van der Waals surface area contributed by atoms with Crippen molar-refractivity contribution < 1.29 is 27.1 Å². The van der Waals surface area contributed by atoms with E-state index in [4.69, 9.17) is 32.5 Å². The molecular formula is C27H32F3N5O3S. The molecule has 1 heterocycles. The number of alkyl halides is 3. The number of hydrogen-bond acceptors (Lipinski definition) is 6. The van der Waals surface area contributed by atoms with Crippen LogP contribution in [0.3, 0.4) is 0 Å². The fraction of sp³-hybridized carbons (Fsp3) is 0.370. The van der Waals surface area contributed by atoms with Gasteiger partial charge >= 0.3 is 12.1 Å². The van der Waals surface area contributed by atoms with E-state index in [2.05, 4.69) is 10.6 Å². The number of carbonyl (C=O) groups is 1. The molecule has 12 heteroatoms. The number of oxazole rings is 1. The lowest BCUT2D eigenvalue weighted by molar-refractivity contribution is -0.155. The van der Waals surface area contributed by atoms with Crippen LogP contribution in [-0.2, 0) is 27.8 Å². The largest absolute Gasteiger partial charge is 0.462 e. The van der Waals surface area contributed by atoms with E-state index in [0.29, 0.717) is 22.7 Å². The molecule has 2 aromatic carbocycles. The first-order valence-corrected chi connectivity index (χ1v) is 12.4. The number of nitrogens with one attached hydrogen (secondary N) is 3. The Labute approximate surface area is 229 Å². The van der Waals surface area contributed by atoms with Crippen molar-refractivity contribution >= 4 is 34.7 Å². The summed E-state index contributed by atoms with van der Waals surface area (Å²) < 4.78 is 52.9. The zero-order chi connectivity index (χ0) is 29.2. The first-order chi connectivity index (χ1) is 18.0. The third-order valence-electron chi connectivity index (χ3n) is 5.94. The Hall–Kier alpha value is -3.80. The number of aromatic nitrogens is 1. The zero-order valence-corrected chi connectivity index (χ0v) is 23.1. The molecule has 0 saturated carbocycles. The van der Waals surface area contributed by atoms with Gasteiger partial charge in [-0.2, -0.15) is 13.2 Å². The number of aryl methyl sites for hydroxylation is 1. The topological polar surface area (TPSA) is 118 Å². The average molecular weight is 564 g/mol. The van der Waals surface area contributed by atoms with Crippen LogP contribution in [0.25, 0.3) is 0 Å². The molecule has 0 spiro atoms. The Morgan fingerprint density at radius 1 is 1.13 bits per heavy atom. The Morgan fingerprint density at radius 3 is 2.36 bits per heavy atom. The van der Waals surface area contributed by atoms with Crippen LogP contribution in [0, 0.1) is 17.7 Å². The summed E-state index contributed by atoms with van der Waals surface area (Å²) >= 11 is 5.55. The summed E-state index contributed by atoms with van der Waals surface area (Å²) in [5, 5.41) is 14.1. The van der Waals surface area contributed by atoms with Gasteiger partial charge in [0.2, 0.25) is 0 Å². The highest BCUT2D eigenvalue weighted by Gasteiger charge is 2.36. The van der Waals surface area contributed by atoms with Gasteiger partial charge in [0.05, 0.1) is 34.4 Å². The quantitative estimate of drug-likeness (QED) is 0.175. The van der Waals surface area contributed by atoms with Crippen molar-refractivity contribution in [1.82, 2.24) is 9.88 Å². The standard InChI is InChI=1S/C27H32F3N5O3S/c1-16-13-35(23(32)38-16)14-17-8-6-11-20(31)21(17)33-24(39)34-26(5,15-37-22(36)25(2,3)4)18-9-7-10-19(12-18)27(28,29)30/h6-13,32H,14-15,31H2,1-5H3,(H2,33,34,39).